The maximum Gasteiger partial charge on any atom is 0.270 e. The number of nitrogens with two attached hydrogens (primary N) is 1. The summed E-state index contributed by atoms with van der Waals surface area (Å²) in [6, 6.07) is 9.81. The molecular formula is C21H24N6O2. The molecule has 3 heterocycles. The first-order chi connectivity index (χ1) is 13.9. The van der Waals surface area contributed by atoms with Crippen LogP contribution in [0.25, 0.3) is 11.0 Å². The topological polar surface area (TPSA) is 106 Å². The predicted octanol–water partition coefficient (Wildman–Crippen LogP) is 2.36. The number of nitrogens with zero attached hydrogens (tertiary/aromatic N) is 4. The Kier molecular flexibility index (Phi) is 4.92. The number of amides is 2. The Morgan fingerprint density at radius 2 is 1.97 bits per heavy atom. The largest absolute Gasteiger partial charge is 0.369 e. The van der Waals surface area contributed by atoms with Gasteiger partial charge in [-0.1, -0.05) is 17.7 Å². The van der Waals surface area contributed by atoms with Crippen LogP contribution >= 0.6 is 0 Å². The third-order valence-electron chi connectivity index (χ3n) is 5.47. The van der Waals surface area contributed by atoms with Crippen molar-refractivity contribution in [3.05, 3.63) is 47.9 Å². The second kappa shape index (κ2) is 7.54. The Morgan fingerprint density at radius 1 is 1.21 bits per heavy atom. The zero-order valence-electron chi connectivity index (χ0n) is 16.6. The maximum atomic E-state index is 13.1. The lowest BCUT2D eigenvalue weighted by Crippen LogP contribution is -2.44. The second-order valence-corrected chi connectivity index (χ2v) is 7.53. The van der Waals surface area contributed by atoms with E-state index in [4.69, 9.17) is 5.73 Å². The fraction of sp³-hybridized carbons (Fsp3) is 0.333. The van der Waals surface area contributed by atoms with Crippen molar-refractivity contribution in [1.29, 1.82) is 0 Å². The lowest BCUT2D eigenvalue weighted by molar-refractivity contribution is -0.123. The molecule has 8 nitrogen and oxygen atoms in total. The van der Waals surface area contributed by atoms with E-state index in [0.29, 0.717) is 30.2 Å². The van der Waals surface area contributed by atoms with Gasteiger partial charge in [-0.05, 0) is 38.0 Å². The van der Waals surface area contributed by atoms with E-state index < -0.39 is 0 Å². The molecule has 0 bridgehead atoms. The second-order valence-electron chi connectivity index (χ2n) is 7.53. The van der Waals surface area contributed by atoms with Crippen molar-refractivity contribution in [2.75, 3.05) is 18.4 Å². The van der Waals surface area contributed by atoms with Crippen LogP contribution in [0.5, 0.6) is 0 Å². The molecule has 1 aromatic carbocycles. The van der Waals surface area contributed by atoms with Gasteiger partial charge in [0.15, 0.2) is 0 Å². The number of aromatic nitrogens is 3. The highest BCUT2D eigenvalue weighted by Crippen LogP contribution is 2.27. The quantitative estimate of drug-likeness (QED) is 0.709. The molecule has 0 spiro atoms. The van der Waals surface area contributed by atoms with Crippen molar-refractivity contribution >= 4 is 34.4 Å². The summed E-state index contributed by atoms with van der Waals surface area (Å²) in [6.07, 6.45) is 2.98. The fourth-order valence-corrected chi connectivity index (χ4v) is 3.77. The van der Waals surface area contributed by atoms with Crippen LogP contribution < -0.4 is 11.1 Å². The van der Waals surface area contributed by atoms with Gasteiger partial charge in [0.1, 0.15) is 23.5 Å². The van der Waals surface area contributed by atoms with Crippen LogP contribution in [0.15, 0.2) is 36.7 Å². The average molecular weight is 392 g/mol. The van der Waals surface area contributed by atoms with Crippen molar-refractivity contribution in [1.82, 2.24) is 19.4 Å². The number of aryl methyl sites for hydroxylation is 2. The first-order valence-corrected chi connectivity index (χ1v) is 9.66. The normalized spacial score (nSPS) is 16.8. The SMILES string of the molecule is Cc1ccc(Nc2ncnc3c2cc(C(=O)N2CCCC(C(N)=O)C2)n3C)cc1. The van der Waals surface area contributed by atoms with Crippen molar-refractivity contribution < 1.29 is 9.59 Å². The molecule has 3 N–H and O–H groups in total. The van der Waals surface area contributed by atoms with Crippen molar-refractivity contribution in [2.24, 2.45) is 18.7 Å². The van der Waals surface area contributed by atoms with Crippen molar-refractivity contribution in [2.45, 2.75) is 19.8 Å². The van der Waals surface area contributed by atoms with Gasteiger partial charge < -0.3 is 20.5 Å². The summed E-state index contributed by atoms with van der Waals surface area (Å²) in [6.45, 7) is 3.01. The van der Waals surface area contributed by atoms with E-state index >= 15 is 0 Å². The zero-order chi connectivity index (χ0) is 20.5. The van der Waals surface area contributed by atoms with E-state index in [0.717, 1.165) is 23.9 Å². The van der Waals surface area contributed by atoms with Gasteiger partial charge in [-0.15, -0.1) is 0 Å². The van der Waals surface area contributed by atoms with Gasteiger partial charge in [0.2, 0.25) is 5.91 Å². The lowest BCUT2D eigenvalue weighted by atomic mass is 9.97. The number of primary amides is 1. The molecule has 1 atom stereocenters. The van der Waals surface area contributed by atoms with E-state index in [-0.39, 0.29) is 17.7 Å². The zero-order valence-corrected chi connectivity index (χ0v) is 16.6. The molecule has 0 aliphatic carbocycles. The van der Waals surface area contributed by atoms with Crippen LogP contribution in [-0.4, -0.2) is 44.3 Å². The standard InChI is InChI=1S/C21H24N6O2/c1-13-5-7-15(8-6-13)25-19-16-10-17(26(2)20(16)24-12-23-19)21(29)27-9-3-4-14(11-27)18(22)28/h5-8,10,12,14H,3-4,9,11H2,1-2H3,(H2,22,28)(H,23,24,25). The molecule has 4 rings (SSSR count). The highest BCUT2D eigenvalue weighted by Gasteiger charge is 2.29. The molecule has 3 aromatic rings. The number of benzene rings is 1. The Bertz CT molecular complexity index is 1070. The highest BCUT2D eigenvalue weighted by molar-refractivity contribution is 6.01. The molecule has 29 heavy (non-hydrogen) atoms. The summed E-state index contributed by atoms with van der Waals surface area (Å²) in [4.78, 5) is 35.1. The molecule has 2 aromatic heterocycles. The van der Waals surface area contributed by atoms with E-state index in [1.165, 1.54) is 11.9 Å². The van der Waals surface area contributed by atoms with E-state index in [2.05, 4.69) is 15.3 Å². The maximum absolute atomic E-state index is 13.1. The highest BCUT2D eigenvalue weighted by atomic mass is 16.2. The fourth-order valence-electron chi connectivity index (χ4n) is 3.77. The summed E-state index contributed by atoms with van der Waals surface area (Å²) in [5.74, 6) is -0.129. The van der Waals surface area contributed by atoms with Crippen molar-refractivity contribution in [3.8, 4) is 0 Å². The molecule has 150 valence electrons. The third kappa shape index (κ3) is 3.65. The number of likely N-dealkylation sites (tertiary alicyclic amines) is 1. The van der Waals surface area contributed by atoms with Gasteiger partial charge in [0.25, 0.3) is 5.91 Å². The smallest absolute Gasteiger partial charge is 0.270 e. The molecule has 0 radical (unpaired) electrons. The van der Waals surface area contributed by atoms with E-state index in [9.17, 15) is 9.59 Å². The Morgan fingerprint density at radius 3 is 2.69 bits per heavy atom. The molecule has 1 aliphatic heterocycles. The minimum atomic E-state index is -0.352. The molecule has 0 saturated carbocycles. The van der Waals surface area contributed by atoms with Crippen LogP contribution in [0.1, 0.15) is 28.9 Å². The van der Waals surface area contributed by atoms with Crippen LogP contribution in [0.4, 0.5) is 11.5 Å². The summed E-state index contributed by atoms with van der Waals surface area (Å²) < 4.78 is 1.77. The summed E-state index contributed by atoms with van der Waals surface area (Å²) in [5, 5.41) is 4.07. The minimum absolute atomic E-state index is 0.127. The Hall–Kier alpha value is -3.42. The first-order valence-electron chi connectivity index (χ1n) is 9.66. The predicted molar refractivity (Wildman–Crippen MR) is 111 cm³/mol. The molecule has 2 amide bonds. The van der Waals surface area contributed by atoms with Gasteiger partial charge in [-0.25, -0.2) is 9.97 Å². The number of carbonyl (C=O) groups is 2. The molecule has 1 saturated heterocycles. The number of carbonyl (C=O) groups excluding carboxylic acids is 2. The third-order valence-corrected chi connectivity index (χ3v) is 5.47. The molecule has 1 fully saturated rings. The van der Waals surface area contributed by atoms with Gasteiger partial charge >= 0.3 is 0 Å². The molecular weight excluding hydrogens is 368 g/mol. The van der Waals surface area contributed by atoms with E-state index in [1.54, 1.807) is 9.47 Å². The van der Waals surface area contributed by atoms with Gasteiger partial charge in [-0.3, -0.25) is 9.59 Å². The van der Waals surface area contributed by atoms with Crippen LogP contribution in [0, 0.1) is 12.8 Å². The average Bonchev–Trinajstić information content (AvgIpc) is 3.07. The van der Waals surface area contributed by atoms with Crippen molar-refractivity contribution in [3.63, 3.8) is 0 Å². The number of hydrogen-bond donors (Lipinski definition) is 2. The summed E-state index contributed by atoms with van der Waals surface area (Å²) in [5.41, 5.74) is 8.72. The first kappa shape index (κ1) is 18.9. The van der Waals surface area contributed by atoms with Crippen LogP contribution in [-0.2, 0) is 11.8 Å². The summed E-state index contributed by atoms with van der Waals surface area (Å²) in [7, 11) is 1.81. The van der Waals surface area contributed by atoms with Crippen LogP contribution in [0.2, 0.25) is 0 Å². The Balaban J connectivity index is 1.65. The van der Waals surface area contributed by atoms with Gasteiger partial charge in [0.05, 0.1) is 11.3 Å². The number of rotatable bonds is 4. The van der Waals surface area contributed by atoms with E-state index in [1.807, 2.05) is 44.3 Å². The number of piperidine rings is 1. The summed E-state index contributed by atoms with van der Waals surface area (Å²) >= 11 is 0. The molecule has 1 aliphatic rings. The number of nitrogens with one attached hydrogen (secondary N) is 1. The number of fused-ring (bicyclic) bond motifs is 1. The Labute approximate surface area is 168 Å². The van der Waals surface area contributed by atoms with Gasteiger partial charge in [-0.2, -0.15) is 0 Å². The van der Waals surface area contributed by atoms with Gasteiger partial charge in [0, 0.05) is 25.8 Å². The molecule has 1 unspecified atom stereocenters. The monoisotopic (exact) mass is 392 g/mol. The lowest BCUT2D eigenvalue weighted by Gasteiger charge is -2.31. The number of anilines is 2. The minimum Gasteiger partial charge on any atom is -0.369 e. The van der Waals surface area contributed by atoms with Crippen LogP contribution in [0.3, 0.4) is 0 Å². The number of hydrogen-bond acceptors (Lipinski definition) is 5. The molecule has 8 heteroatoms.